The number of benzene rings is 1. The molecule has 2 N–H and O–H groups in total. The molecule has 24 heavy (non-hydrogen) atoms. The second-order valence-corrected chi connectivity index (χ2v) is 4.34. The van der Waals surface area contributed by atoms with Gasteiger partial charge < -0.3 is 15.2 Å². The molecule has 1 aromatic carbocycles. The summed E-state index contributed by atoms with van der Waals surface area (Å²) in [6.07, 6.45) is 0.212. The second-order valence-electron chi connectivity index (χ2n) is 4.34. The molecule has 10 heteroatoms. The lowest BCUT2D eigenvalue weighted by Crippen LogP contribution is -2.35. The van der Waals surface area contributed by atoms with Gasteiger partial charge in [0.2, 0.25) is 5.82 Å². The van der Waals surface area contributed by atoms with Crippen molar-refractivity contribution in [3.8, 4) is 23.7 Å². The third-order valence-corrected chi connectivity index (χ3v) is 2.63. The van der Waals surface area contributed by atoms with E-state index in [1.165, 1.54) is 24.3 Å². The zero-order valence-corrected chi connectivity index (χ0v) is 11.8. The number of halogens is 3. The van der Waals surface area contributed by atoms with Crippen LogP contribution in [-0.2, 0) is 15.8 Å². The molecule has 0 unspecified atom stereocenters. The van der Waals surface area contributed by atoms with Gasteiger partial charge in [0, 0.05) is 11.3 Å². The Bertz CT molecular complexity index is 791. The maximum Gasteiger partial charge on any atom is 0.471 e. The lowest BCUT2D eigenvalue weighted by Gasteiger charge is -2.05. The fourth-order valence-corrected chi connectivity index (χ4v) is 1.56. The van der Waals surface area contributed by atoms with Crippen molar-refractivity contribution in [1.82, 2.24) is 15.5 Å². The molecular weight excluding hydrogens is 329 g/mol. The molecular formula is C14H9F3N4O3. The van der Waals surface area contributed by atoms with Crippen LogP contribution in [0.4, 0.5) is 18.9 Å². The fourth-order valence-electron chi connectivity index (χ4n) is 1.56. The van der Waals surface area contributed by atoms with Gasteiger partial charge in [0.15, 0.2) is 0 Å². The van der Waals surface area contributed by atoms with Crippen LogP contribution in [0.1, 0.15) is 5.89 Å². The van der Waals surface area contributed by atoms with Gasteiger partial charge in [-0.2, -0.15) is 18.2 Å². The number of amides is 2. The van der Waals surface area contributed by atoms with Crippen LogP contribution < -0.4 is 10.6 Å². The minimum absolute atomic E-state index is 0.0927. The minimum atomic E-state index is -4.73. The van der Waals surface area contributed by atoms with E-state index in [9.17, 15) is 22.8 Å². The van der Waals surface area contributed by atoms with Gasteiger partial charge in [-0.1, -0.05) is 11.1 Å². The number of hydrogen-bond acceptors (Lipinski definition) is 5. The van der Waals surface area contributed by atoms with E-state index in [4.69, 9.17) is 6.42 Å². The molecule has 124 valence electrons. The molecule has 0 radical (unpaired) electrons. The summed E-state index contributed by atoms with van der Waals surface area (Å²) >= 11 is 0. The highest BCUT2D eigenvalue weighted by Crippen LogP contribution is 2.29. The largest absolute Gasteiger partial charge is 0.471 e. The second kappa shape index (κ2) is 6.82. The lowest BCUT2D eigenvalue weighted by molar-refractivity contribution is -0.159. The Balaban J connectivity index is 2.06. The van der Waals surface area contributed by atoms with Crippen LogP contribution in [0.5, 0.6) is 0 Å². The number of alkyl halides is 3. The average Bonchev–Trinajstić information content (AvgIpc) is 3.03. The molecule has 0 aliphatic rings. The first kappa shape index (κ1) is 17.0. The van der Waals surface area contributed by atoms with Crippen LogP contribution in [-0.4, -0.2) is 28.5 Å². The Morgan fingerprint density at radius 2 is 1.88 bits per heavy atom. The maximum atomic E-state index is 12.4. The molecule has 0 bridgehead atoms. The van der Waals surface area contributed by atoms with E-state index in [0.29, 0.717) is 0 Å². The Kier molecular flexibility index (Phi) is 4.84. The Labute approximate surface area is 133 Å². The summed E-state index contributed by atoms with van der Waals surface area (Å²) in [7, 11) is 0. The first-order chi connectivity index (χ1) is 11.3. The molecule has 7 nitrogen and oxygen atoms in total. The molecule has 0 fully saturated rings. The van der Waals surface area contributed by atoms with Gasteiger partial charge in [-0.15, -0.1) is 6.42 Å². The van der Waals surface area contributed by atoms with Gasteiger partial charge in [-0.05, 0) is 24.3 Å². The number of nitrogens with zero attached hydrogens (tertiary/aromatic N) is 2. The molecule has 0 saturated carbocycles. The van der Waals surface area contributed by atoms with Crippen LogP contribution in [0.2, 0.25) is 0 Å². The minimum Gasteiger partial charge on any atom is -0.337 e. The van der Waals surface area contributed by atoms with Crippen molar-refractivity contribution in [1.29, 1.82) is 0 Å². The molecule has 0 spiro atoms. The van der Waals surface area contributed by atoms with E-state index >= 15 is 0 Å². The Morgan fingerprint density at radius 3 is 2.42 bits per heavy atom. The van der Waals surface area contributed by atoms with Gasteiger partial charge in [0.25, 0.3) is 0 Å². The predicted molar refractivity (Wildman–Crippen MR) is 75.2 cm³/mol. The Morgan fingerprint density at radius 1 is 1.21 bits per heavy atom. The molecule has 1 aromatic heterocycles. The third kappa shape index (κ3) is 4.10. The van der Waals surface area contributed by atoms with Gasteiger partial charge in [0.1, 0.15) is 0 Å². The topological polar surface area (TPSA) is 97.1 Å². The third-order valence-electron chi connectivity index (χ3n) is 2.63. The predicted octanol–water partition coefficient (Wildman–Crippen LogP) is 1.44. The maximum absolute atomic E-state index is 12.4. The summed E-state index contributed by atoms with van der Waals surface area (Å²) in [4.78, 5) is 26.1. The van der Waals surface area contributed by atoms with Crippen LogP contribution in [0, 0.1) is 12.3 Å². The summed E-state index contributed by atoms with van der Waals surface area (Å²) in [5, 5.41) is 7.70. The van der Waals surface area contributed by atoms with E-state index in [1.54, 1.807) is 0 Å². The van der Waals surface area contributed by atoms with Crippen LogP contribution in [0.3, 0.4) is 0 Å². The van der Waals surface area contributed by atoms with Crippen LogP contribution in [0.25, 0.3) is 11.4 Å². The first-order valence-electron chi connectivity index (χ1n) is 6.35. The summed E-state index contributed by atoms with van der Waals surface area (Å²) in [5.74, 6) is -1.42. The molecule has 0 atom stereocenters. The number of hydrogen-bond donors (Lipinski definition) is 2. The number of anilines is 1. The number of carbonyl (C=O) groups is 2. The van der Waals surface area contributed by atoms with E-state index < -0.39 is 23.9 Å². The SMILES string of the molecule is C#CCNC(=O)C(=O)Nc1ccc(-c2noc(C(F)(F)F)n2)cc1. The highest BCUT2D eigenvalue weighted by molar-refractivity contribution is 6.39. The van der Waals surface area contributed by atoms with Crippen molar-refractivity contribution in [3.63, 3.8) is 0 Å². The van der Waals surface area contributed by atoms with Crippen LogP contribution in [0.15, 0.2) is 28.8 Å². The molecule has 2 rings (SSSR count). The molecule has 2 amide bonds. The van der Waals surface area contributed by atoms with Crippen molar-refractivity contribution in [2.45, 2.75) is 6.18 Å². The first-order valence-corrected chi connectivity index (χ1v) is 6.35. The normalized spacial score (nSPS) is 10.8. The van der Waals surface area contributed by atoms with E-state index in [2.05, 4.69) is 31.2 Å². The van der Waals surface area contributed by atoms with Crippen molar-refractivity contribution >= 4 is 17.5 Å². The van der Waals surface area contributed by atoms with Crippen molar-refractivity contribution in [2.24, 2.45) is 0 Å². The number of rotatable bonds is 3. The zero-order valence-electron chi connectivity index (χ0n) is 11.8. The van der Waals surface area contributed by atoms with E-state index in [-0.39, 0.29) is 23.6 Å². The number of aromatic nitrogens is 2. The van der Waals surface area contributed by atoms with Crippen molar-refractivity contribution < 1.29 is 27.3 Å². The van der Waals surface area contributed by atoms with Gasteiger partial charge in [-0.3, -0.25) is 9.59 Å². The fraction of sp³-hybridized carbons (Fsp3) is 0.143. The standard InChI is InChI=1S/C14H9F3N4O3/c1-2-7-18-11(22)12(23)19-9-5-3-8(4-6-9)10-20-13(24-21-10)14(15,16)17/h1,3-6H,7H2,(H,18,22)(H,19,23). The van der Waals surface area contributed by atoms with Crippen LogP contribution >= 0.6 is 0 Å². The van der Waals surface area contributed by atoms with Crippen molar-refractivity contribution in [2.75, 3.05) is 11.9 Å². The average molecular weight is 338 g/mol. The number of terminal acetylenes is 1. The number of carbonyl (C=O) groups excluding carboxylic acids is 2. The highest BCUT2D eigenvalue weighted by atomic mass is 19.4. The quantitative estimate of drug-likeness (QED) is 0.652. The van der Waals surface area contributed by atoms with E-state index in [1.807, 2.05) is 0 Å². The van der Waals surface area contributed by atoms with Gasteiger partial charge in [0.05, 0.1) is 6.54 Å². The summed E-state index contributed by atoms with van der Waals surface area (Å²) in [6.45, 7) is -0.0927. The summed E-state index contributed by atoms with van der Waals surface area (Å²) < 4.78 is 41.3. The molecule has 0 aliphatic heterocycles. The van der Waals surface area contributed by atoms with Gasteiger partial charge in [-0.25, -0.2) is 0 Å². The highest BCUT2D eigenvalue weighted by Gasteiger charge is 2.38. The number of nitrogens with one attached hydrogen (secondary N) is 2. The smallest absolute Gasteiger partial charge is 0.337 e. The molecule has 0 aliphatic carbocycles. The van der Waals surface area contributed by atoms with E-state index in [0.717, 1.165) is 0 Å². The van der Waals surface area contributed by atoms with Gasteiger partial charge >= 0.3 is 23.9 Å². The monoisotopic (exact) mass is 338 g/mol. The summed E-state index contributed by atoms with van der Waals surface area (Å²) in [5.41, 5.74) is 0.489. The summed E-state index contributed by atoms with van der Waals surface area (Å²) in [6, 6.07) is 5.45. The lowest BCUT2D eigenvalue weighted by atomic mass is 10.2. The zero-order chi connectivity index (χ0) is 17.7. The van der Waals surface area contributed by atoms with Crippen molar-refractivity contribution in [3.05, 3.63) is 30.2 Å². The molecule has 1 heterocycles. The molecule has 0 saturated heterocycles. The Hall–Kier alpha value is -3.35. The molecule has 2 aromatic rings.